The highest BCUT2D eigenvalue weighted by atomic mass is 31.1. The highest BCUT2D eigenvalue weighted by Gasteiger charge is 2.16. The van der Waals surface area contributed by atoms with Crippen molar-refractivity contribution in [1.29, 1.82) is 0 Å². The van der Waals surface area contributed by atoms with Crippen molar-refractivity contribution < 1.29 is 0 Å². The van der Waals surface area contributed by atoms with Gasteiger partial charge in [-0.05, 0) is 44.3 Å². The van der Waals surface area contributed by atoms with E-state index in [9.17, 15) is 0 Å². The lowest BCUT2D eigenvalue weighted by Crippen LogP contribution is -2.09. The molecule has 37 heavy (non-hydrogen) atoms. The SMILES string of the molecule is C#Cc1ccc2ccccc2c1-c1c(C#CP(c2ccccc2)c2ccccc2)ccc2ccccc12. The summed E-state index contributed by atoms with van der Waals surface area (Å²) in [5.41, 5.74) is 7.74. The summed E-state index contributed by atoms with van der Waals surface area (Å²) in [6.45, 7) is 0. The second kappa shape index (κ2) is 10.2. The standard InChI is InChI=1S/C36H23P/c1-2-27-21-22-28-13-9-11-19-33(28)35(27)36-30(24-23-29-14-10-12-20-34(29)36)25-26-37(31-15-5-3-6-16-31)32-17-7-4-8-18-32/h1,3-24H. The maximum atomic E-state index is 6.06. The van der Waals surface area contributed by atoms with Crippen molar-refractivity contribution in [3.05, 3.63) is 145 Å². The number of terminal acetylenes is 1. The van der Waals surface area contributed by atoms with Crippen LogP contribution in [0.4, 0.5) is 0 Å². The molecule has 0 aromatic heterocycles. The maximum Gasteiger partial charge on any atom is 0.0348 e. The van der Waals surface area contributed by atoms with Gasteiger partial charge in [0.2, 0.25) is 0 Å². The van der Waals surface area contributed by atoms with Gasteiger partial charge in [-0.3, -0.25) is 0 Å². The molecule has 0 heterocycles. The molecule has 0 N–H and O–H groups in total. The van der Waals surface area contributed by atoms with Gasteiger partial charge in [0, 0.05) is 30.2 Å². The van der Waals surface area contributed by atoms with Crippen LogP contribution in [0, 0.1) is 23.9 Å². The van der Waals surface area contributed by atoms with E-state index in [1.165, 1.54) is 21.4 Å². The summed E-state index contributed by atoms with van der Waals surface area (Å²) in [6.07, 6.45) is 6.06. The van der Waals surface area contributed by atoms with Gasteiger partial charge < -0.3 is 0 Å². The molecule has 0 unspecified atom stereocenters. The second-order valence-electron chi connectivity index (χ2n) is 8.81. The summed E-state index contributed by atoms with van der Waals surface area (Å²) < 4.78 is 0. The zero-order valence-corrected chi connectivity index (χ0v) is 21.1. The van der Waals surface area contributed by atoms with Gasteiger partial charge in [-0.2, -0.15) is 0 Å². The monoisotopic (exact) mass is 486 g/mol. The third-order valence-corrected chi connectivity index (χ3v) is 8.56. The summed E-state index contributed by atoms with van der Waals surface area (Å²) in [5.74, 6) is 6.58. The molecular weight excluding hydrogens is 463 g/mol. The molecule has 0 saturated carbocycles. The van der Waals surface area contributed by atoms with E-state index >= 15 is 0 Å². The van der Waals surface area contributed by atoms with E-state index < -0.39 is 7.92 Å². The van der Waals surface area contributed by atoms with E-state index in [-0.39, 0.29) is 0 Å². The molecule has 0 spiro atoms. The average molecular weight is 487 g/mol. The molecule has 0 nitrogen and oxygen atoms in total. The van der Waals surface area contributed by atoms with Gasteiger partial charge in [0.1, 0.15) is 0 Å². The minimum Gasteiger partial charge on any atom is -0.115 e. The first kappa shape index (κ1) is 22.8. The van der Waals surface area contributed by atoms with Gasteiger partial charge in [-0.25, -0.2) is 0 Å². The van der Waals surface area contributed by atoms with Crippen LogP contribution in [0.1, 0.15) is 11.1 Å². The van der Waals surface area contributed by atoms with Crippen LogP contribution in [0.2, 0.25) is 0 Å². The lowest BCUT2D eigenvalue weighted by molar-refractivity contribution is 1.62. The molecule has 0 atom stereocenters. The summed E-state index contributed by atoms with van der Waals surface area (Å²) in [7, 11) is -0.846. The Morgan fingerprint density at radius 3 is 1.46 bits per heavy atom. The zero-order chi connectivity index (χ0) is 25.0. The van der Waals surface area contributed by atoms with Crippen molar-refractivity contribution in [2.45, 2.75) is 0 Å². The summed E-state index contributed by atoms with van der Waals surface area (Å²) in [5, 5.41) is 7.13. The van der Waals surface area contributed by atoms with Crippen LogP contribution in [0.3, 0.4) is 0 Å². The fourth-order valence-electron chi connectivity index (χ4n) is 4.85. The Labute approximate surface area is 219 Å². The number of fused-ring (bicyclic) bond motifs is 2. The summed E-state index contributed by atoms with van der Waals surface area (Å²) >= 11 is 0. The van der Waals surface area contributed by atoms with Gasteiger partial charge in [-0.1, -0.05) is 139 Å². The van der Waals surface area contributed by atoms with Gasteiger partial charge in [-0.15, -0.1) is 6.42 Å². The van der Waals surface area contributed by atoms with Crippen LogP contribution in [0.5, 0.6) is 0 Å². The molecule has 0 radical (unpaired) electrons. The number of hydrogen-bond acceptors (Lipinski definition) is 0. The Kier molecular flexibility index (Phi) is 6.28. The van der Waals surface area contributed by atoms with Crippen molar-refractivity contribution in [2.75, 3.05) is 0 Å². The van der Waals surface area contributed by atoms with E-state index in [1.54, 1.807) is 0 Å². The van der Waals surface area contributed by atoms with E-state index in [2.05, 4.69) is 151 Å². The smallest absolute Gasteiger partial charge is 0.0348 e. The van der Waals surface area contributed by atoms with Crippen molar-refractivity contribution in [3.63, 3.8) is 0 Å². The van der Waals surface area contributed by atoms with E-state index in [0.29, 0.717) is 0 Å². The van der Waals surface area contributed by atoms with Crippen LogP contribution >= 0.6 is 7.92 Å². The van der Waals surface area contributed by atoms with E-state index in [1.807, 2.05) is 0 Å². The molecule has 0 aliphatic carbocycles. The molecule has 0 bridgehead atoms. The summed E-state index contributed by atoms with van der Waals surface area (Å²) in [4.78, 5) is 0. The largest absolute Gasteiger partial charge is 0.115 e. The first-order valence-electron chi connectivity index (χ1n) is 12.3. The molecular formula is C36H23P. The minimum atomic E-state index is -0.846. The first-order chi connectivity index (χ1) is 18.3. The zero-order valence-electron chi connectivity index (χ0n) is 20.2. The molecule has 0 aliphatic heterocycles. The van der Waals surface area contributed by atoms with Crippen molar-refractivity contribution in [2.24, 2.45) is 0 Å². The first-order valence-corrected chi connectivity index (χ1v) is 13.6. The molecule has 172 valence electrons. The molecule has 0 fully saturated rings. The van der Waals surface area contributed by atoms with Crippen LogP contribution < -0.4 is 10.6 Å². The Morgan fingerprint density at radius 1 is 0.459 bits per heavy atom. The Hall–Kier alpha value is -4.61. The number of benzene rings is 6. The number of rotatable bonds is 3. The predicted molar refractivity (Wildman–Crippen MR) is 161 cm³/mol. The molecule has 6 aromatic carbocycles. The summed E-state index contributed by atoms with van der Waals surface area (Å²) in [6, 6.07) is 46.6. The molecule has 6 rings (SSSR count). The fraction of sp³-hybridized carbons (Fsp3) is 0. The molecule has 0 amide bonds. The Bertz CT molecular complexity index is 1790. The third kappa shape index (κ3) is 4.41. The maximum absolute atomic E-state index is 6.06. The molecule has 1 heteroatoms. The molecule has 6 aromatic rings. The van der Waals surface area contributed by atoms with Crippen molar-refractivity contribution in [1.82, 2.24) is 0 Å². The van der Waals surface area contributed by atoms with Crippen LogP contribution in [-0.4, -0.2) is 0 Å². The van der Waals surface area contributed by atoms with E-state index in [4.69, 9.17) is 6.42 Å². The number of hydrogen-bond donors (Lipinski definition) is 0. The quantitative estimate of drug-likeness (QED) is 0.175. The van der Waals surface area contributed by atoms with Crippen molar-refractivity contribution >= 4 is 40.1 Å². The lowest BCUT2D eigenvalue weighted by Gasteiger charge is -2.16. The highest BCUT2D eigenvalue weighted by Crippen LogP contribution is 2.39. The Balaban J connectivity index is 1.64. The van der Waals surface area contributed by atoms with Gasteiger partial charge in [0.25, 0.3) is 0 Å². The molecule has 0 saturated heterocycles. The molecule has 0 aliphatic rings. The highest BCUT2D eigenvalue weighted by molar-refractivity contribution is 7.77. The lowest BCUT2D eigenvalue weighted by atomic mass is 9.87. The topological polar surface area (TPSA) is 0 Å². The van der Waals surface area contributed by atoms with Crippen LogP contribution in [0.25, 0.3) is 32.7 Å². The van der Waals surface area contributed by atoms with Crippen molar-refractivity contribution in [3.8, 4) is 35.1 Å². The van der Waals surface area contributed by atoms with Gasteiger partial charge in [0.05, 0.1) is 0 Å². The Morgan fingerprint density at radius 2 is 0.919 bits per heavy atom. The van der Waals surface area contributed by atoms with Gasteiger partial charge in [0.15, 0.2) is 0 Å². The van der Waals surface area contributed by atoms with Crippen LogP contribution in [-0.2, 0) is 0 Å². The minimum absolute atomic E-state index is 0.846. The predicted octanol–water partition coefficient (Wildman–Crippen LogP) is 8.08. The van der Waals surface area contributed by atoms with E-state index in [0.717, 1.165) is 33.0 Å². The van der Waals surface area contributed by atoms with Gasteiger partial charge >= 0.3 is 0 Å². The fourth-order valence-corrected chi connectivity index (χ4v) is 6.58. The third-order valence-electron chi connectivity index (χ3n) is 6.59. The normalized spacial score (nSPS) is 10.7. The second-order valence-corrected chi connectivity index (χ2v) is 10.7. The average Bonchev–Trinajstić information content (AvgIpc) is 2.97. The van der Waals surface area contributed by atoms with Crippen LogP contribution in [0.15, 0.2) is 133 Å².